The molecule has 2 aromatic carbocycles. The van der Waals surface area contributed by atoms with Crippen LogP contribution in [0.3, 0.4) is 0 Å². The fourth-order valence-corrected chi connectivity index (χ4v) is 2.19. The van der Waals surface area contributed by atoms with Gasteiger partial charge in [0.15, 0.2) is 0 Å². The highest BCUT2D eigenvalue weighted by atomic mass is 35.5. The van der Waals surface area contributed by atoms with Crippen molar-refractivity contribution in [3.8, 4) is 0 Å². The predicted molar refractivity (Wildman–Crippen MR) is 93.6 cm³/mol. The summed E-state index contributed by atoms with van der Waals surface area (Å²) < 4.78 is 0. The molecule has 1 N–H and O–H groups in total. The SMILES string of the molecule is CC(=NNC(=O)Cc1ccc([N+](=O)[O-])cc1)c1ccc(Cl)c(Cl)c1. The van der Waals surface area contributed by atoms with Crippen LogP contribution in [0.4, 0.5) is 5.69 Å². The largest absolute Gasteiger partial charge is 0.273 e. The zero-order chi connectivity index (χ0) is 17.7. The van der Waals surface area contributed by atoms with E-state index < -0.39 is 4.92 Å². The van der Waals surface area contributed by atoms with Gasteiger partial charge in [-0.1, -0.05) is 41.4 Å². The van der Waals surface area contributed by atoms with Crippen LogP contribution in [0.25, 0.3) is 0 Å². The molecule has 1 amide bonds. The zero-order valence-electron chi connectivity index (χ0n) is 12.6. The van der Waals surface area contributed by atoms with Gasteiger partial charge >= 0.3 is 0 Å². The van der Waals surface area contributed by atoms with Crippen molar-refractivity contribution in [1.82, 2.24) is 5.43 Å². The van der Waals surface area contributed by atoms with Crippen LogP contribution >= 0.6 is 23.2 Å². The van der Waals surface area contributed by atoms with Crippen LogP contribution in [0.15, 0.2) is 47.6 Å². The second kappa shape index (κ2) is 7.90. The van der Waals surface area contributed by atoms with Gasteiger partial charge in [0.05, 0.1) is 27.1 Å². The Hall–Kier alpha value is -2.44. The number of carbonyl (C=O) groups excluding carboxylic acids is 1. The smallest absolute Gasteiger partial charge is 0.269 e. The monoisotopic (exact) mass is 365 g/mol. The fourth-order valence-electron chi connectivity index (χ4n) is 1.89. The first-order valence-electron chi connectivity index (χ1n) is 6.88. The molecule has 0 saturated carbocycles. The molecule has 0 bridgehead atoms. The third-order valence-corrected chi connectivity index (χ3v) is 3.94. The standard InChI is InChI=1S/C16H13Cl2N3O3/c1-10(12-4-7-14(17)15(18)9-12)19-20-16(22)8-11-2-5-13(6-3-11)21(23)24/h2-7,9H,8H2,1H3,(H,20,22). The van der Waals surface area contributed by atoms with Gasteiger partial charge in [-0.05, 0) is 30.2 Å². The lowest BCUT2D eigenvalue weighted by Crippen LogP contribution is -2.21. The number of nitro benzene ring substituents is 1. The minimum Gasteiger partial charge on any atom is -0.273 e. The highest BCUT2D eigenvalue weighted by Gasteiger charge is 2.08. The molecule has 24 heavy (non-hydrogen) atoms. The van der Waals surface area contributed by atoms with E-state index in [0.717, 1.165) is 5.56 Å². The maximum atomic E-state index is 11.9. The first-order chi connectivity index (χ1) is 11.4. The second-order valence-electron chi connectivity index (χ2n) is 4.96. The first kappa shape index (κ1) is 17.9. The summed E-state index contributed by atoms with van der Waals surface area (Å²) in [4.78, 5) is 22.0. The maximum absolute atomic E-state index is 11.9. The van der Waals surface area contributed by atoms with E-state index in [4.69, 9.17) is 23.2 Å². The van der Waals surface area contributed by atoms with Gasteiger partial charge in [-0.15, -0.1) is 0 Å². The van der Waals surface area contributed by atoms with Crippen molar-refractivity contribution in [2.45, 2.75) is 13.3 Å². The van der Waals surface area contributed by atoms with Crippen LogP contribution < -0.4 is 5.43 Å². The fraction of sp³-hybridized carbons (Fsp3) is 0.125. The van der Waals surface area contributed by atoms with Crippen LogP contribution in [-0.2, 0) is 11.2 Å². The van der Waals surface area contributed by atoms with Crippen LogP contribution in [0.2, 0.25) is 10.0 Å². The first-order valence-corrected chi connectivity index (χ1v) is 7.64. The van der Waals surface area contributed by atoms with Crippen LogP contribution in [0, 0.1) is 10.1 Å². The number of benzene rings is 2. The molecule has 0 heterocycles. The topological polar surface area (TPSA) is 84.6 Å². The lowest BCUT2D eigenvalue weighted by Gasteiger charge is -2.04. The van der Waals surface area contributed by atoms with Crippen molar-refractivity contribution >= 4 is 40.5 Å². The molecule has 0 spiro atoms. The van der Waals surface area contributed by atoms with E-state index in [1.807, 2.05) is 0 Å². The molecular weight excluding hydrogens is 353 g/mol. The van der Waals surface area contributed by atoms with Crippen molar-refractivity contribution in [1.29, 1.82) is 0 Å². The third-order valence-electron chi connectivity index (χ3n) is 3.20. The Morgan fingerprint density at radius 1 is 1.17 bits per heavy atom. The Morgan fingerprint density at radius 3 is 2.42 bits per heavy atom. The Labute approximate surface area is 148 Å². The summed E-state index contributed by atoms with van der Waals surface area (Å²) in [7, 11) is 0. The number of amides is 1. The Balaban J connectivity index is 1.98. The van der Waals surface area contributed by atoms with E-state index in [-0.39, 0.29) is 18.0 Å². The maximum Gasteiger partial charge on any atom is 0.269 e. The number of nitrogens with one attached hydrogen (secondary N) is 1. The van der Waals surface area contributed by atoms with Crippen molar-refractivity contribution in [2.75, 3.05) is 0 Å². The Kier molecular flexibility index (Phi) is 5.89. The molecule has 2 rings (SSSR count). The van der Waals surface area contributed by atoms with Gasteiger partial charge < -0.3 is 0 Å². The summed E-state index contributed by atoms with van der Waals surface area (Å²) >= 11 is 11.8. The highest BCUT2D eigenvalue weighted by Crippen LogP contribution is 2.22. The van der Waals surface area contributed by atoms with Gasteiger partial charge in [0.2, 0.25) is 5.91 Å². The minimum atomic E-state index is -0.491. The Bertz CT molecular complexity index is 805. The second-order valence-corrected chi connectivity index (χ2v) is 5.78. The molecule has 124 valence electrons. The number of hydrogen-bond acceptors (Lipinski definition) is 4. The lowest BCUT2D eigenvalue weighted by atomic mass is 10.1. The van der Waals surface area contributed by atoms with Gasteiger partial charge in [0.25, 0.3) is 5.69 Å². The summed E-state index contributed by atoms with van der Waals surface area (Å²) in [5.74, 6) is -0.330. The molecule has 0 radical (unpaired) electrons. The molecule has 0 fully saturated rings. The summed E-state index contributed by atoms with van der Waals surface area (Å²) in [6.07, 6.45) is 0.0656. The molecule has 0 atom stereocenters. The van der Waals surface area contributed by atoms with Crippen LogP contribution in [0.5, 0.6) is 0 Å². The van der Waals surface area contributed by atoms with Crippen LogP contribution in [0.1, 0.15) is 18.1 Å². The van der Waals surface area contributed by atoms with Gasteiger partial charge in [0, 0.05) is 12.1 Å². The van der Waals surface area contributed by atoms with Gasteiger partial charge in [0.1, 0.15) is 0 Å². The number of rotatable bonds is 5. The summed E-state index contributed by atoms with van der Waals surface area (Å²) in [5, 5.41) is 15.4. The normalized spacial score (nSPS) is 11.2. The number of carbonyl (C=O) groups is 1. The number of non-ortho nitro benzene ring substituents is 1. The predicted octanol–water partition coefficient (Wildman–Crippen LogP) is 3.98. The molecule has 0 aliphatic heterocycles. The molecule has 8 heteroatoms. The average Bonchev–Trinajstić information content (AvgIpc) is 2.55. The van der Waals surface area contributed by atoms with Gasteiger partial charge in [-0.2, -0.15) is 5.10 Å². The van der Waals surface area contributed by atoms with E-state index in [9.17, 15) is 14.9 Å². The molecule has 0 aliphatic carbocycles. The average molecular weight is 366 g/mol. The van der Waals surface area contributed by atoms with E-state index in [0.29, 0.717) is 21.3 Å². The number of nitro groups is 1. The minimum absolute atomic E-state index is 0.0207. The van der Waals surface area contributed by atoms with Crippen molar-refractivity contribution in [3.05, 3.63) is 73.8 Å². The number of halogens is 2. The molecule has 0 aliphatic rings. The van der Waals surface area contributed by atoms with E-state index in [1.54, 1.807) is 25.1 Å². The summed E-state index contributed by atoms with van der Waals surface area (Å²) in [5.41, 5.74) is 4.38. The molecule has 0 unspecified atom stereocenters. The zero-order valence-corrected chi connectivity index (χ0v) is 14.1. The number of nitrogens with zero attached hydrogens (tertiary/aromatic N) is 2. The number of hydrogen-bond donors (Lipinski definition) is 1. The molecule has 2 aromatic rings. The van der Waals surface area contributed by atoms with E-state index in [2.05, 4.69) is 10.5 Å². The van der Waals surface area contributed by atoms with E-state index >= 15 is 0 Å². The summed E-state index contributed by atoms with van der Waals surface area (Å²) in [6, 6.07) is 10.8. The Morgan fingerprint density at radius 2 is 1.83 bits per heavy atom. The van der Waals surface area contributed by atoms with Crippen LogP contribution in [-0.4, -0.2) is 16.5 Å². The van der Waals surface area contributed by atoms with Gasteiger partial charge in [-0.25, -0.2) is 5.43 Å². The quantitative estimate of drug-likeness (QED) is 0.493. The highest BCUT2D eigenvalue weighted by molar-refractivity contribution is 6.42. The molecular formula is C16H13Cl2N3O3. The van der Waals surface area contributed by atoms with Gasteiger partial charge in [-0.3, -0.25) is 14.9 Å². The van der Waals surface area contributed by atoms with Crippen molar-refractivity contribution in [2.24, 2.45) is 5.10 Å². The molecule has 0 aromatic heterocycles. The summed E-state index contributed by atoms with van der Waals surface area (Å²) in [6.45, 7) is 1.73. The molecule has 6 nitrogen and oxygen atoms in total. The number of hydrazone groups is 1. The van der Waals surface area contributed by atoms with Crippen molar-refractivity contribution < 1.29 is 9.72 Å². The molecule has 0 saturated heterocycles. The lowest BCUT2D eigenvalue weighted by molar-refractivity contribution is -0.384. The van der Waals surface area contributed by atoms with E-state index in [1.165, 1.54) is 24.3 Å². The third kappa shape index (κ3) is 4.78. The van der Waals surface area contributed by atoms with Crippen molar-refractivity contribution in [3.63, 3.8) is 0 Å².